The fraction of sp³-hybridized carbons (Fsp3) is 0. The van der Waals surface area contributed by atoms with Crippen molar-refractivity contribution in [2.45, 2.75) is 0 Å². The van der Waals surface area contributed by atoms with E-state index in [2.05, 4.69) is 0 Å². The Hall–Kier alpha value is -4.27. The van der Waals surface area contributed by atoms with Gasteiger partial charge in [0.1, 0.15) is 0 Å². The van der Waals surface area contributed by atoms with Crippen LogP contribution in [0.4, 0.5) is 132 Å². The van der Waals surface area contributed by atoms with E-state index in [4.69, 9.17) is 0 Å². The van der Waals surface area contributed by atoms with Crippen molar-refractivity contribution in [3.63, 3.8) is 0 Å². The molecule has 0 aliphatic heterocycles. The predicted molar refractivity (Wildman–Crippen MR) is 169 cm³/mol. The molecule has 0 bridgehead atoms. The Balaban J connectivity index is 0.000000467. The molecular weight excluding hydrogens is 1420 g/mol. The first-order valence-electron chi connectivity index (χ1n) is 16.0. The van der Waals surface area contributed by atoms with Gasteiger partial charge in [-0.1, -0.05) is 0 Å². The van der Waals surface area contributed by atoms with Gasteiger partial charge in [-0.2, -0.15) is 0 Å². The Bertz CT molecular complexity index is 2460. The minimum absolute atomic E-state index is 0. The van der Waals surface area contributed by atoms with Crippen LogP contribution in [-0.2, 0) is 21.1 Å². The second-order valence-corrected chi connectivity index (χ2v) is 16.2. The van der Waals surface area contributed by atoms with Gasteiger partial charge < -0.3 is 34.0 Å². The number of halogens is 32. The molecule has 35 heteroatoms. The third-order valence-electron chi connectivity index (χ3n) is 8.46. The molecule has 0 amide bonds. The van der Waals surface area contributed by atoms with E-state index < -0.39 is 222 Å². The van der Waals surface area contributed by atoms with Crippen molar-refractivity contribution in [3.8, 4) is 0 Å². The van der Waals surface area contributed by atoms with E-state index in [-0.39, 0.29) is 55.0 Å². The van der Waals surface area contributed by atoms with E-state index in [1.165, 1.54) is 0 Å². The molecule has 71 heavy (non-hydrogen) atoms. The average molecular weight is 1420 g/mol. The number of benzene rings is 6. The molecule has 0 radical (unpaired) electrons. The van der Waals surface area contributed by atoms with Crippen LogP contribution in [0.15, 0.2) is 0 Å². The quantitative estimate of drug-likeness (QED) is 0.0948. The summed E-state index contributed by atoms with van der Waals surface area (Å²) in [4.78, 5) is 0. The maximum absolute atomic E-state index is 14.4. The number of hydrogen-bond donors (Lipinski definition) is 0. The molecular formula is C36Br2F30P2Pt. The zero-order chi connectivity index (χ0) is 51.9. The predicted octanol–water partition coefficient (Wildman–Crippen LogP) is 5.07. The summed E-state index contributed by atoms with van der Waals surface area (Å²) in [5.74, 6) is -89.8. The topological polar surface area (TPSA) is 0 Å². The monoisotopic (exact) mass is 1420 g/mol. The fourth-order valence-electron chi connectivity index (χ4n) is 5.41. The molecule has 0 nitrogen and oxygen atoms in total. The van der Waals surface area contributed by atoms with Crippen LogP contribution in [0.1, 0.15) is 0 Å². The third kappa shape index (κ3) is 9.96. The van der Waals surface area contributed by atoms with Crippen LogP contribution in [0, 0.1) is 175 Å². The zero-order valence-electron chi connectivity index (χ0n) is 31.3. The summed E-state index contributed by atoms with van der Waals surface area (Å²) < 4.78 is 417. The molecule has 6 rings (SSSR count). The molecule has 0 heterocycles. The summed E-state index contributed by atoms with van der Waals surface area (Å²) in [5.41, 5.74) is 0. The van der Waals surface area contributed by atoms with Crippen LogP contribution in [0.2, 0.25) is 0 Å². The normalized spacial score (nSPS) is 11.2. The first kappa shape index (κ1) is 62.8. The Labute approximate surface area is 407 Å². The molecule has 0 aliphatic rings. The van der Waals surface area contributed by atoms with Gasteiger partial charge >= 0.3 is 21.1 Å². The first-order valence-corrected chi connectivity index (χ1v) is 18.7. The van der Waals surface area contributed by atoms with Gasteiger partial charge in [0, 0.05) is 15.8 Å². The van der Waals surface area contributed by atoms with Crippen molar-refractivity contribution in [1.82, 2.24) is 0 Å². The van der Waals surface area contributed by atoms with Crippen LogP contribution in [0.5, 0.6) is 0 Å². The molecule has 0 aliphatic carbocycles. The van der Waals surface area contributed by atoms with E-state index in [0.29, 0.717) is 0 Å². The van der Waals surface area contributed by atoms with Crippen molar-refractivity contribution in [2.24, 2.45) is 0 Å². The third-order valence-corrected chi connectivity index (χ3v) is 13.5. The minimum atomic E-state index is -4.90. The Morgan fingerprint density at radius 1 is 0.127 bits per heavy atom. The van der Waals surface area contributed by atoms with Crippen LogP contribution < -0.4 is 65.8 Å². The molecule has 0 saturated carbocycles. The summed E-state index contributed by atoms with van der Waals surface area (Å²) in [7, 11) is -9.79. The second kappa shape index (κ2) is 22.9. The van der Waals surface area contributed by atoms with Gasteiger partial charge in [-0.15, -0.1) is 0 Å². The van der Waals surface area contributed by atoms with Gasteiger partial charge in [-0.3, -0.25) is 0 Å². The van der Waals surface area contributed by atoms with Gasteiger partial charge in [0.15, 0.2) is 140 Å². The standard InChI is InChI=1S/2C18F15P.2BrH.Pt/c2*19-1-4(22)10(28)16(11(29)5(1)23)34(17-12(30)6(24)2(20)7(25)13(17)31)18-14(32)8(26)3(21)9(27)15(18)33;;;/h;;2*1H;/q;;;;+2/p-2. The molecule has 6 aromatic carbocycles. The SMILES string of the molecule is Fc1c(F)c(F)c(P(c2c(F)c(F)c(F)c(F)c2F)c2c(F)c(F)c(F)c(F)c2F)c(F)c1F.Fc1c(F)c(F)c(P(c2c(F)c(F)c(F)c(F)c2F)c2c(F)c(F)c(F)c(F)c2F)c(F)c1F.[Br-].[Br-].[Pt+2]. The summed E-state index contributed by atoms with van der Waals surface area (Å²) in [6.45, 7) is 0. The van der Waals surface area contributed by atoms with Gasteiger partial charge in [0.05, 0.1) is 31.8 Å². The number of hydrogen-bond acceptors (Lipinski definition) is 0. The van der Waals surface area contributed by atoms with Crippen molar-refractivity contribution in [2.75, 3.05) is 0 Å². The van der Waals surface area contributed by atoms with Crippen LogP contribution >= 0.6 is 15.8 Å². The maximum atomic E-state index is 14.4. The molecule has 6 aromatic rings. The molecule has 388 valence electrons. The van der Waals surface area contributed by atoms with Crippen molar-refractivity contribution >= 4 is 47.7 Å². The van der Waals surface area contributed by atoms with Gasteiger partial charge in [-0.25, -0.2) is 132 Å². The second-order valence-electron chi connectivity index (χ2n) is 12.2. The number of rotatable bonds is 6. The van der Waals surface area contributed by atoms with E-state index >= 15 is 0 Å². The molecule has 0 saturated heterocycles. The minimum Gasteiger partial charge on any atom is -1.00 e. The molecule has 0 aromatic heterocycles. The largest absolute Gasteiger partial charge is 2.00 e. The van der Waals surface area contributed by atoms with E-state index in [0.717, 1.165) is 0 Å². The Kier molecular flexibility index (Phi) is 20.2. The maximum Gasteiger partial charge on any atom is 2.00 e. The van der Waals surface area contributed by atoms with Crippen molar-refractivity contribution in [1.29, 1.82) is 0 Å². The van der Waals surface area contributed by atoms with Crippen LogP contribution in [0.3, 0.4) is 0 Å². The van der Waals surface area contributed by atoms with Crippen LogP contribution in [-0.4, -0.2) is 0 Å². The summed E-state index contributed by atoms with van der Waals surface area (Å²) in [6, 6.07) is 0. The van der Waals surface area contributed by atoms with Gasteiger partial charge in [-0.05, 0) is 0 Å². The Morgan fingerprint density at radius 2 is 0.183 bits per heavy atom. The molecule has 0 spiro atoms. The zero-order valence-corrected chi connectivity index (χ0v) is 38.5. The van der Waals surface area contributed by atoms with E-state index in [9.17, 15) is 132 Å². The first-order chi connectivity index (χ1) is 31.3. The summed E-state index contributed by atoms with van der Waals surface area (Å²) >= 11 is 0. The molecule has 0 unspecified atom stereocenters. The fourth-order valence-corrected chi connectivity index (χ4v) is 10.3. The Morgan fingerprint density at radius 3 is 0.254 bits per heavy atom. The van der Waals surface area contributed by atoms with Crippen LogP contribution in [0.25, 0.3) is 0 Å². The van der Waals surface area contributed by atoms with Gasteiger partial charge in [0.2, 0.25) is 34.9 Å². The van der Waals surface area contributed by atoms with Crippen molar-refractivity contribution in [3.05, 3.63) is 175 Å². The molecule has 0 N–H and O–H groups in total. The average Bonchev–Trinajstić information content (AvgIpc) is 3.31. The van der Waals surface area contributed by atoms with E-state index in [1.807, 2.05) is 0 Å². The van der Waals surface area contributed by atoms with E-state index in [1.54, 1.807) is 0 Å². The van der Waals surface area contributed by atoms with Crippen molar-refractivity contribution < 1.29 is 187 Å². The van der Waals surface area contributed by atoms with Gasteiger partial charge in [0.25, 0.3) is 0 Å². The molecule has 0 fully saturated rings. The summed E-state index contributed by atoms with van der Waals surface area (Å²) in [6.07, 6.45) is 0. The summed E-state index contributed by atoms with van der Waals surface area (Å²) in [5, 5.41) is -15.7. The molecule has 0 atom stereocenters. The smallest absolute Gasteiger partial charge is 1.00 e.